The fourth-order valence-corrected chi connectivity index (χ4v) is 6.53. The van der Waals surface area contributed by atoms with Crippen molar-refractivity contribution in [2.24, 2.45) is 5.92 Å². The third-order valence-electron chi connectivity index (χ3n) is 8.15. The molecule has 47 heavy (non-hydrogen) atoms. The summed E-state index contributed by atoms with van der Waals surface area (Å²) in [6.07, 6.45) is -0.424. The number of nitrogens with one attached hydrogen (secondary N) is 1. The molecule has 0 saturated carbocycles. The number of rotatable bonds is 12. The highest BCUT2D eigenvalue weighted by Gasteiger charge is 2.35. The van der Waals surface area contributed by atoms with Gasteiger partial charge in [0.1, 0.15) is 23.4 Å². The summed E-state index contributed by atoms with van der Waals surface area (Å²) in [6.45, 7) is 5.02. The van der Waals surface area contributed by atoms with E-state index in [0.29, 0.717) is 25.4 Å². The average molecular weight is 660 g/mol. The van der Waals surface area contributed by atoms with Crippen molar-refractivity contribution < 1.29 is 32.5 Å². The third kappa shape index (κ3) is 8.23. The van der Waals surface area contributed by atoms with Crippen LogP contribution in [0, 0.1) is 5.92 Å². The molecule has 1 heterocycles. The van der Waals surface area contributed by atoms with Gasteiger partial charge in [0.25, 0.3) is 15.9 Å². The van der Waals surface area contributed by atoms with Gasteiger partial charge in [-0.2, -0.15) is 0 Å². The topological polar surface area (TPSA) is 118 Å². The lowest BCUT2D eigenvalue weighted by Gasteiger charge is -2.38. The van der Waals surface area contributed by atoms with Crippen LogP contribution >= 0.6 is 0 Å². The van der Waals surface area contributed by atoms with Crippen LogP contribution in [0.15, 0.2) is 102 Å². The van der Waals surface area contributed by atoms with Gasteiger partial charge in [0, 0.05) is 25.6 Å². The molecule has 0 aromatic heterocycles. The van der Waals surface area contributed by atoms with E-state index in [2.05, 4.69) is 9.62 Å². The maximum atomic E-state index is 13.8. The molecule has 4 aromatic carbocycles. The first kappa shape index (κ1) is 33.8. The Labute approximate surface area is 276 Å². The number of fused-ring (bicyclic) bond motifs is 1. The van der Waals surface area contributed by atoms with Crippen molar-refractivity contribution in [2.75, 3.05) is 38.6 Å². The van der Waals surface area contributed by atoms with E-state index in [1.807, 2.05) is 68.6 Å². The first-order valence-electron chi connectivity index (χ1n) is 15.5. The molecule has 0 fully saturated rings. The molecule has 0 bridgehead atoms. The number of hydrogen-bond acceptors (Lipinski definition) is 8. The number of anilines is 1. The Balaban J connectivity index is 1.39. The Kier molecular flexibility index (Phi) is 10.7. The highest BCUT2D eigenvalue weighted by Crippen LogP contribution is 2.36. The van der Waals surface area contributed by atoms with Crippen LogP contribution in [0.5, 0.6) is 23.0 Å². The molecule has 0 aliphatic carbocycles. The number of ether oxygens (including phenoxy) is 3. The molecule has 11 heteroatoms. The molecule has 4 aromatic rings. The lowest BCUT2D eigenvalue weighted by atomic mass is 9.99. The van der Waals surface area contributed by atoms with Crippen LogP contribution in [0.1, 0.15) is 29.8 Å². The number of nitrogens with zero attached hydrogens (tertiary/aromatic N) is 2. The summed E-state index contributed by atoms with van der Waals surface area (Å²) < 4.78 is 47.2. The summed E-state index contributed by atoms with van der Waals surface area (Å²) in [5.74, 6) is 1.68. The van der Waals surface area contributed by atoms with Crippen LogP contribution < -0.4 is 18.9 Å². The van der Waals surface area contributed by atoms with Crippen LogP contribution in [0.3, 0.4) is 0 Å². The summed E-state index contributed by atoms with van der Waals surface area (Å²) in [5.41, 5.74) is 1.44. The maximum Gasteiger partial charge on any atom is 0.262 e. The summed E-state index contributed by atoms with van der Waals surface area (Å²) in [4.78, 5) is 17.6. The van der Waals surface area contributed by atoms with Gasteiger partial charge in [-0.05, 0) is 80.2 Å². The zero-order chi connectivity index (χ0) is 33.6. The monoisotopic (exact) mass is 659 g/mol. The molecule has 0 unspecified atom stereocenters. The smallest absolute Gasteiger partial charge is 0.262 e. The van der Waals surface area contributed by atoms with Crippen LogP contribution in [0.4, 0.5) is 5.69 Å². The van der Waals surface area contributed by atoms with Crippen molar-refractivity contribution in [3.8, 4) is 23.0 Å². The first-order valence-corrected chi connectivity index (χ1v) is 16.9. The van der Waals surface area contributed by atoms with Crippen LogP contribution in [-0.2, 0) is 16.6 Å². The van der Waals surface area contributed by atoms with E-state index in [-0.39, 0.29) is 40.3 Å². The highest BCUT2D eigenvalue weighted by molar-refractivity contribution is 7.92. The number of likely N-dealkylation sites (N-methyl/N-ethyl adjacent to an activating group) is 1. The quantitative estimate of drug-likeness (QED) is 0.201. The van der Waals surface area contributed by atoms with Gasteiger partial charge in [0.2, 0.25) is 0 Å². The number of carbonyl (C=O) groups excluding carboxylic acids is 1. The van der Waals surface area contributed by atoms with Gasteiger partial charge in [-0.15, -0.1) is 0 Å². The molecule has 0 radical (unpaired) electrons. The van der Waals surface area contributed by atoms with Gasteiger partial charge in [-0.3, -0.25) is 14.4 Å². The van der Waals surface area contributed by atoms with E-state index < -0.39 is 22.2 Å². The van der Waals surface area contributed by atoms with E-state index in [0.717, 1.165) is 17.1 Å². The van der Waals surface area contributed by atoms with Crippen molar-refractivity contribution in [1.82, 2.24) is 9.80 Å². The van der Waals surface area contributed by atoms with Crippen molar-refractivity contribution >= 4 is 21.6 Å². The Hall–Kier alpha value is -4.58. The molecule has 1 aliphatic heterocycles. The minimum atomic E-state index is -4.03. The van der Waals surface area contributed by atoms with E-state index in [1.165, 1.54) is 19.2 Å². The number of aliphatic hydroxyl groups excluding tert-OH is 1. The zero-order valence-corrected chi connectivity index (χ0v) is 27.8. The van der Waals surface area contributed by atoms with Crippen molar-refractivity contribution in [3.63, 3.8) is 0 Å². The van der Waals surface area contributed by atoms with E-state index in [9.17, 15) is 18.3 Å². The Morgan fingerprint density at radius 1 is 0.957 bits per heavy atom. The van der Waals surface area contributed by atoms with Gasteiger partial charge < -0.3 is 24.2 Å². The molecule has 10 nitrogen and oxygen atoms in total. The van der Waals surface area contributed by atoms with E-state index >= 15 is 0 Å². The summed E-state index contributed by atoms with van der Waals surface area (Å²) in [7, 11) is -0.541. The van der Waals surface area contributed by atoms with Crippen molar-refractivity contribution in [2.45, 2.75) is 37.4 Å². The normalized spacial score (nSPS) is 17.2. The minimum absolute atomic E-state index is 0.0356. The molecule has 0 spiro atoms. The van der Waals surface area contributed by atoms with Crippen molar-refractivity contribution in [1.29, 1.82) is 0 Å². The molecule has 2 N–H and O–H groups in total. The Morgan fingerprint density at radius 2 is 1.62 bits per heavy atom. The van der Waals surface area contributed by atoms with Gasteiger partial charge >= 0.3 is 0 Å². The number of carbonyl (C=O) groups is 1. The average Bonchev–Trinajstić information content (AvgIpc) is 3.07. The van der Waals surface area contributed by atoms with Gasteiger partial charge in [0.05, 0.1) is 35.9 Å². The highest BCUT2D eigenvalue weighted by atomic mass is 32.2. The second kappa shape index (κ2) is 14.9. The lowest BCUT2D eigenvalue weighted by molar-refractivity contribution is 0.0344. The third-order valence-corrected chi connectivity index (χ3v) is 9.53. The number of para-hydroxylation sites is 2. The summed E-state index contributed by atoms with van der Waals surface area (Å²) in [5, 5.41) is 10.0. The standard InChI is InChI=1S/C36H41N3O7S/c1-25-21-39(26(2)24-40)36(41)32-11-8-12-33(37-47(42,43)31-19-17-28(44-4)18-20-31)35(32)46-34(25)23-38(3)22-27-13-15-30(16-14-27)45-29-9-6-5-7-10-29/h5-20,25-26,34,37,40H,21-24H2,1-4H3/t25-,26-,34-/m1/s1. The predicted octanol–water partition coefficient (Wildman–Crippen LogP) is 5.64. The molecule has 0 saturated heterocycles. The molecule has 248 valence electrons. The number of hydrogen-bond donors (Lipinski definition) is 2. The van der Waals surface area contributed by atoms with Crippen LogP contribution in [0.2, 0.25) is 0 Å². The van der Waals surface area contributed by atoms with Crippen LogP contribution in [-0.4, -0.2) is 75.2 Å². The first-order chi connectivity index (χ1) is 22.6. The second-order valence-corrected chi connectivity index (χ2v) is 13.5. The fraction of sp³-hybridized carbons (Fsp3) is 0.306. The minimum Gasteiger partial charge on any atom is -0.497 e. The zero-order valence-electron chi connectivity index (χ0n) is 27.0. The number of sulfonamides is 1. The Bertz CT molecular complexity index is 1750. The van der Waals surface area contributed by atoms with Gasteiger partial charge in [-0.25, -0.2) is 8.42 Å². The molecular formula is C36H41N3O7S. The Morgan fingerprint density at radius 3 is 2.28 bits per heavy atom. The van der Waals surface area contributed by atoms with E-state index in [1.54, 1.807) is 42.2 Å². The summed E-state index contributed by atoms with van der Waals surface area (Å²) >= 11 is 0. The number of benzene rings is 4. The molecule has 1 aliphatic rings. The molecule has 5 rings (SSSR count). The van der Waals surface area contributed by atoms with E-state index in [4.69, 9.17) is 14.2 Å². The molecule has 3 atom stereocenters. The van der Waals surface area contributed by atoms with Gasteiger partial charge in [0.15, 0.2) is 5.75 Å². The second-order valence-electron chi connectivity index (χ2n) is 11.8. The summed E-state index contributed by atoms with van der Waals surface area (Å²) in [6, 6.07) is 27.9. The molecular weight excluding hydrogens is 618 g/mol. The number of aliphatic hydroxyl groups is 1. The fourth-order valence-electron chi connectivity index (χ4n) is 5.47. The molecule has 1 amide bonds. The SMILES string of the molecule is COc1ccc(S(=O)(=O)Nc2cccc3c2O[C@H](CN(C)Cc2ccc(Oc4ccccc4)cc2)[C@H](C)CN([C@H](C)CO)C3=O)cc1. The maximum absolute atomic E-state index is 13.8. The van der Waals surface area contributed by atoms with Crippen molar-refractivity contribution in [3.05, 3.63) is 108 Å². The van der Waals surface area contributed by atoms with Gasteiger partial charge in [-0.1, -0.05) is 43.3 Å². The number of amides is 1. The van der Waals surface area contributed by atoms with Crippen LogP contribution in [0.25, 0.3) is 0 Å². The predicted molar refractivity (Wildman–Crippen MR) is 181 cm³/mol. The number of methoxy groups -OCH3 is 1. The largest absolute Gasteiger partial charge is 0.497 e. The lowest BCUT2D eigenvalue weighted by Crippen LogP contribution is -2.49.